The average Bonchev–Trinajstić information content (AvgIpc) is 3.08. The van der Waals surface area contributed by atoms with E-state index in [-0.39, 0.29) is 27.0 Å². The molecule has 1 aromatic carbocycles. The number of hydrogen-bond acceptors (Lipinski definition) is 5. The van der Waals surface area contributed by atoms with Crippen molar-refractivity contribution in [3.05, 3.63) is 82.5 Å². The first-order chi connectivity index (χ1) is 14.4. The Hall–Kier alpha value is -3.42. The first-order valence-corrected chi connectivity index (χ1v) is 9.55. The average molecular weight is 441 g/mol. The van der Waals surface area contributed by atoms with Gasteiger partial charge in [-0.25, -0.2) is 0 Å². The summed E-state index contributed by atoms with van der Waals surface area (Å²) in [6.45, 7) is 0.459. The molecule has 0 aliphatic heterocycles. The number of nitrogens with zero attached hydrogens (tertiary/aromatic N) is 3. The van der Waals surface area contributed by atoms with Crippen molar-refractivity contribution in [1.29, 1.82) is 0 Å². The number of benzene rings is 1. The van der Waals surface area contributed by atoms with Crippen LogP contribution >= 0.6 is 23.2 Å². The zero-order valence-electron chi connectivity index (χ0n) is 15.3. The second-order valence-corrected chi connectivity index (χ2v) is 7.30. The minimum atomic E-state index is -0.906. The Bertz CT molecular complexity index is 1250. The third kappa shape index (κ3) is 3.85. The van der Waals surface area contributed by atoms with Crippen molar-refractivity contribution >= 4 is 51.5 Å². The second kappa shape index (κ2) is 8.14. The van der Waals surface area contributed by atoms with Gasteiger partial charge in [0.2, 0.25) is 0 Å². The van der Waals surface area contributed by atoms with Gasteiger partial charge >= 0.3 is 0 Å². The van der Waals surface area contributed by atoms with Crippen molar-refractivity contribution in [2.45, 2.75) is 6.54 Å². The highest BCUT2D eigenvalue weighted by Gasteiger charge is 2.23. The SMILES string of the molecule is O=C(Nc1c(Cl)cncc1Cl)C(=O)c1cn(Cc2ccncc2)c2ccc(O)cc12. The van der Waals surface area contributed by atoms with Crippen LogP contribution < -0.4 is 5.32 Å². The summed E-state index contributed by atoms with van der Waals surface area (Å²) < 4.78 is 1.83. The fourth-order valence-corrected chi connectivity index (χ4v) is 3.56. The second-order valence-electron chi connectivity index (χ2n) is 6.49. The van der Waals surface area contributed by atoms with Gasteiger partial charge in [-0.1, -0.05) is 23.2 Å². The summed E-state index contributed by atoms with van der Waals surface area (Å²) >= 11 is 12.0. The lowest BCUT2D eigenvalue weighted by Gasteiger charge is -2.07. The van der Waals surface area contributed by atoms with Crippen molar-refractivity contribution in [3.63, 3.8) is 0 Å². The third-order valence-electron chi connectivity index (χ3n) is 4.51. The first-order valence-electron chi connectivity index (χ1n) is 8.79. The Morgan fingerprint density at radius 2 is 1.73 bits per heavy atom. The summed E-state index contributed by atoms with van der Waals surface area (Å²) in [6, 6.07) is 8.38. The van der Waals surface area contributed by atoms with Crippen molar-refractivity contribution in [2.24, 2.45) is 0 Å². The van der Waals surface area contributed by atoms with Crippen LogP contribution in [0, 0.1) is 0 Å². The molecular weight excluding hydrogens is 427 g/mol. The summed E-state index contributed by atoms with van der Waals surface area (Å²) in [6.07, 6.45) is 7.56. The molecule has 4 aromatic rings. The van der Waals surface area contributed by atoms with E-state index < -0.39 is 11.7 Å². The normalized spacial score (nSPS) is 10.9. The standard InChI is InChI=1S/C21H14Cl2N4O3/c22-16-8-25-9-17(23)19(16)26-21(30)20(29)15-11-27(10-12-3-5-24-6-4-12)18-2-1-13(28)7-14(15)18/h1-9,11,28H,10H2,(H,25,26,30). The maximum absolute atomic E-state index is 12.9. The van der Waals surface area contributed by atoms with Crippen LogP contribution in [0.15, 0.2) is 61.3 Å². The van der Waals surface area contributed by atoms with Gasteiger partial charge in [-0.2, -0.15) is 0 Å². The molecule has 4 rings (SSSR count). The lowest BCUT2D eigenvalue weighted by molar-refractivity contribution is -0.112. The molecule has 0 spiro atoms. The minimum absolute atomic E-state index is 0.0150. The van der Waals surface area contributed by atoms with Gasteiger partial charge in [0.15, 0.2) is 0 Å². The van der Waals surface area contributed by atoms with Gasteiger partial charge in [-0.05, 0) is 35.9 Å². The number of aromatic nitrogens is 3. The van der Waals surface area contributed by atoms with E-state index in [4.69, 9.17) is 23.2 Å². The summed E-state index contributed by atoms with van der Waals surface area (Å²) in [4.78, 5) is 33.4. The molecule has 0 saturated heterocycles. The van der Waals surface area contributed by atoms with E-state index in [1.807, 2.05) is 16.7 Å². The summed E-state index contributed by atoms with van der Waals surface area (Å²) in [5, 5.41) is 13.0. The Morgan fingerprint density at radius 1 is 1.03 bits per heavy atom. The molecule has 1 amide bonds. The zero-order chi connectivity index (χ0) is 21.3. The number of ketones is 1. The van der Waals surface area contributed by atoms with Crippen molar-refractivity contribution < 1.29 is 14.7 Å². The van der Waals surface area contributed by atoms with Gasteiger partial charge in [0.05, 0.1) is 21.3 Å². The van der Waals surface area contributed by atoms with Crippen LogP contribution in [0.1, 0.15) is 15.9 Å². The molecule has 2 N–H and O–H groups in total. The van der Waals surface area contributed by atoms with E-state index in [9.17, 15) is 14.7 Å². The van der Waals surface area contributed by atoms with E-state index in [0.29, 0.717) is 17.4 Å². The predicted octanol–water partition coefficient (Wildman–Crippen LogP) is 4.31. The number of nitrogens with one attached hydrogen (secondary N) is 1. The van der Waals surface area contributed by atoms with Crippen LogP contribution in [0.25, 0.3) is 10.9 Å². The van der Waals surface area contributed by atoms with Crippen molar-refractivity contribution in [1.82, 2.24) is 14.5 Å². The topological polar surface area (TPSA) is 97.1 Å². The van der Waals surface area contributed by atoms with Crippen LogP contribution in [0.3, 0.4) is 0 Å². The number of aromatic hydroxyl groups is 1. The highest BCUT2D eigenvalue weighted by Crippen LogP contribution is 2.30. The lowest BCUT2D eigenvalue weighted by atomic mass is 10.1. The quantitative estimate of drug-likeness (QED) is 0.355. The number of carbonyl (C=O) groups excluding carboxylic acids is 2. The molecule has 0 aliphatic rings. The van der Waals surface area contributed by atoms with E-state index in [1.165, 1.54) is 24.5 Å². The number of pyridine rings is 2. The fraction of sp³-hybridized carbons (Fsp3) is 0.0476. The molecule has 0 radical (unpaired) electrons. The molecule has 3 heterocycles. The monoisotopic (exact) mass is 440 g/mol. The van der Waals surface area contributed by atoms with Crippen LogP contribution in [-0.2, 0) is 11.3 Å². The Labute approximate surface area is 180 Å². The molecular formula is C21H14Cl2N4O3. The van der Waals surface area contributed by atoms with E-state index in [2.05, 4.69) is 15.3 Å². The smallest absolute Gasteiger partial charge is 0.296 e. The number of Topliss-reactive ketones (excluding diaryl/α,β-unsaturated/α-hetero) is 1. The number of amides is 1. The highest BCUT2D eigenvalue weighted by atomic mass is 35.5. The number of rotatable bonds is 5. The third-order valence-corrected chi connectivity index (χ3v) is 5.08. The molecule has 0 aliphatic carbocycles. The maximum Gasteiger partial charge on any atom is 0.296 e. The first kappa shape index (κ1) is 19.9. The summed E-state index contributed by atoms with van der Waals surface area (Å²) in [7, 11) is 0. The fourth-order valence-electron chi connectivity index (χ4n) is 3.11. The van der Waals surface area contributed by atoms with Crippen LogP contribution in [0.4, 0.5) is 5.69 Å². The predicted molar refractivity (Wildman–Crippen MR) is 114 cm³/mol. The molecule has 0 unspecified atom stereocenters. The van der Waals surface area contributed by atoms with Gasteiger partial charge in [0.25, 0.3) is 11.7 Å². The number of carbonyl (C=O) groups is 2. The van der Waals surface area contributed by atoms with E-state index in [0.717, 1.165) is 5.56 Å². The largest absolute Gasteiger partial charge is 0.508 e. The molecule has 0 saturated carbocycles. The summed E-state index contributed by atoms with van der Waals surface area (Å²) in [5.41, 5.74) is 1.92. The lowest BCUT2D eigenvalue weighted by Crippen LogP contribution is -2.23. The number of anilines is 1. The molecule has 150 valence electrons. The molecule has 7 nitrogen and oxygen atoms in total. The number of phenolic OH excluding ortho intramolecular Hbond substituents is 1. The molecule has 30 heavy (non-hydrogen) atoms. The zero-order valence-corrected chi connectivity index (χ0v) is 16.9. The van der Waals surface area contributed by atoms with E-state index in [1.54, 1.807) is 24.7 Å². The van der Waals surface area contributed by atoms with Gasteiger partial charge in [0, 0.05) is 48.4 Å². The van der Waals surface area contributed by atoms with Crippen LogP contribution in [0.2, 0.25) is 10.0 Å². The Balaban J connectivity index is 1.71. The summed E-state index contributed by atoms with van der Waals surface area (Å²) in [5.74, 6) is -1.71. The van der Waals surface area contributed by atoms with Gasteiger partial charge in [-0.3, -0.25) is 19.6 Å². The van der Waals surface area contributed by atoms with Gasteiger partial charge < -0.3 is 15.0 Å². The maximum atomic E-state index is 12.9. The number of halogens is 2. The van der Waals surface area contributed by atoms with Crippen molar-refractivity contribution in [3.8, 4) is 5.75 Å². The van der Waals surface area contributed by atoms with Gasteiger partial charge in [0.1, 0.15) is 5.75 Å². The number of hydrogen-bond donors (Lipinski definition) is 2. The molecule has 9 heteroatoms. The Kier molecular flexibility index (Phi) is 5.39. The van der Waals surface area contributed by atoms with Crippen LogP contribution in [-0.4, -0.2) is 31.3 Å². The number of fused-ring (bicyclic) bond motifs is 1. The van der Waals surface area contributed by atoms with Gasteiger partial charge in [-0.15, -0.1) is 0 Å². The molecule has 3 aromatic heterocycles. The van der Waals surface area contributed by atoms with Crippen LogP contribution in [0.5, 0.6) is 5.75 Å². The molecule has 0 fully saturated rings. The minimum Gasteiger partial charge on any atom is -0.508 e. The van der Waals surface area contributed by atoms with Crippen molar-refractivity contribution in [2.75, 3.05) is 5.32 Å². The van der Waals surface area contributed by atoms with E-state index >= 15 is 0 Å². The molecule has 0 bridgehead atoms. The highest BCUT2D eigenvalue weighted by molar-refractivity contribution is 6.50. The molecule has 0 atom stereocenters. The Morgan fingerprint density at radius 3 is 2.43 bits per heavy atom. The number of phenols is 1.